The van der Waals surface area contributed by atoms with Gasteiger partial charge in [0.15, 0.2) is 0 Å². The normalized spacial score (nSPS) is 28.9. The number of nitrogens with one attached hydrogen (secondary N) is 2. The van der Waals surface area contributed by atoms with E-state index in [0.29, 0.717) is 0 Å². The molecular formula is C12H15FN2. The van der Waals surface area contributed by atoms with Crippen molar-refractivity contribution in [3.8, 4) is 0 Å². The van der Waals surface area contributed by atoms with E-state index in [0.717, 1.165) is 31.7 Å². The molecular weight excluding hydrogens is 191 g/mol. The monoisotopic (exact) mass is 206 g/mol. The van der Waals surface area contributed by atoms with E-state index in [-0.39, 0.29) is 11.2 Å². The van der Waals surface area contributed by atoms with E-state index in [4.69, 9.17) is 0 Å². The highest BCUT2D eigenvalue weighted by Gasteiger charge is 2.39. The maximum atomic E-state index is 13.1. The van der Waals surface area contributed by atoms with Crippen molar-refractivity contribution in [1.82, 2.24) is 5.32 Å². The minimum atomic E-state index is -0.149. The summed E-state index contributed by atoms with van der Waals surface area (Å²) in [6.07, 6.45) is 2.33. The highest BCUT2D eigenvalue weighted by Crippen LogP contribution is 2.41. The lowest BCUT2D eigenvalue weighted by molar-refractivity contribution is 0.433. The lowest BCUT2D eigenvalue weighted by Crippen LogP contribution is -2.36. The molecule has 0 saturated carbocycles. The molecule has 15 heavy (non-hydrogen) atoms. The molecule has 2 nitrogen and oxygen atoms in total. The first-order valence-electron chi connectivity index (χ1n) is 5.55. The number of hydrogen-bond donors (Lipinski definition) is 2. The van der Waals surface area contributed by atoms with Crippen LogP contribution in [0.25, 0.3) is 0 Å². The maximum absolute atomic E-state index is 13.1. The Bertz CT molecular complexity index is 383. The average Bonchev–Trinajstić information content (AvgIpc) is 2.67. The number of halogens is 1. The van der Waals surface area contributed by atoms with Crippen LogP contribution in [0, 0.1) is 5.82 Å². The van der Waals surface area contributed by atoms with Crippen LogP contribution in [0.2, 0.25) is 0 Å². The van der Waals surface area contributed by atoms with Gasteiger partial charge in [0.05, 0.1) is 0 Å². The first-order valence-corrected chi connectivity index (χ1v) is 5.55. The summed E-state index contributed by atoms with van der Waals surface area (Å²) in [5.74, 6) is -0.149. The zero-order chi connectivity index (χ0) is 10.3. The lowest BCUT2D eigenvalue weighted by Gasteiger charge is -2.35. The van der Waals surface area contributed by atoms with Crippen LogP contribution in [0.4, 0.5) is 10.1 Å². The molecule has 1 saturated heterocycles. The van der Waals surface area contributed by atoms with E-state index in [1.165, 1.54) is 12.0 Å². The van der Waals surface area contributed by atoms with Crippen molar-refractivity contribution in [3.63, 3.8) is 0 Å². The fourth-order valence-electron chi connectivity index (χ4n) is 2.88. The fourth-order valence-corrected chi connectivity index (χ4v) is 2.88. The second kappa shape index (κ2) is 3.20. The van der Waals surface area contributed by atoms with Crippen molar-refractivity contribution in [1.29, 1.82) is 0 Å². The molecule has 1 spiro atoms. The Morgan fingerprint density at radius 1 is 1.20 bits per heavy atom. The summed E-state index contributed by atoms with van der Waals surface area (Å²) in [6.45, 7) is 3.07. The molecule has 0 bridgehead atoms. The van der Waals surface area contributed by atoms with Gasteiger partial charge < -0.3 is 10.6 Å². The van der Waals surface area contributed by atoms with E-state index in [2.05, 4.69) is 10.6 Å². The molecule has 2 N–H and O–H groups in total. The highest BCUT2D eigenvalue weighted by atomic mass is 19.1. The van der Waals surface area contributed by atoms with Crippen molar-refractivity contribution >= 4 is 5.69 Å². The molecule has 1 unspecified atom stereocenters. The first kappa shape index (κ1) is 9.16. The number of fused-ring (bicyclic) bond motifs is 2. The van der Waals surface area contributed by atoms with Crippen LogP contribution in [0.3, 0.4) is 0 Å². The predicted octanol–water partition coefficient (Wildman–Crippen LogP) is 1.87. The topological polar surface area (TPSA) is 24.1 Å². The van der Waals surface area contributed by atoms with Gasteiger partial charge in [0.1, 0.15) is 5.82 Å². The second-order valence-electron chi connectivity index (χ2n) is 4.57. The van der Waals surface area contributed by atoms with Gasteiger partial charge in [-0.3, -0.25) is 0 Å². The summed E-state index contributed by atoms with van der Waals surface area (Å²) in [6, 6.07) is 5.14. The van der Waals surface area contributed by atoms with Gasteiger partial charge in [0.2, 0.25) is 0 Å². The molecule has 1 aromatic carbocycles. The Balaban J connectivity index is 2.10. The standard InChI is InChI=1S/C12H15FN2/c13-9-1-2-10-11(7-9)15-6-4-12(10)3-5-14-8-12/h1-2,7,14-15H,3-6,8H2. The Morgan fingerprint density at radius 3 is 2.87 bits per heavy atom. The zero-order valence-corrected chi connectivity index (χ0v) is 8.65. The van der Waals surface area contributed by atoms with Gasteiger partial charge in [0.25, 0.3) is 0 Å². The summed E-state index contributed by atoms with van der Waals surface area (Å²) >= 11 is 0. The van der Waals surface area contributed by atoms with Gasteiger partial charge in [-0.1, -0.05) is 6.07 Å². The quantitative estimate of drug-likeness (QED) is 0.677. The van der Waals surface area contributed by atoms with Crippen molar-refractivity contribution in [2.45, 2.75) is 18.3 Å². The van der Waals surface area contributed by atoms with Crippen molar-refractivity contribution in [2.24, 2.45) is 0 Å². The van der Waals surface area contributed by atoms with Crippen molar-refractivity contribution in [3.05, 3.63) is 29.6 Å². The molecule has 3 rings (SSSR count). The summed E-state index contributed by atoms with van der Waals surface area (Å²) in [7, 11) is 0. The summed E-state index contributed by atoms with van der Waals surface area (Å²) < 4.78 is 13.1. The number of rotatable bonds is 0. The molecule has 3 heteroatoms. The molecule has 2 aliphatic heterocycles. The summed E-state index contributed by atoms with van der Waals surface area (Å²) in [5, 5.41) is 6.70. The molecule has 2 heterocycles. The third-order valence-corrected chi connectivity index (χ3v) is 3.72. The van der Waals surface area contributed by atoms with Crippen LogP contribution in [0.5, 0.6) is 0 Å². The largest absolute Gasteiger partial charge is 0.385 e. The van der Waals surface area contributed by atoms with Gasteiger partial charge in [-0.15, -0.1) is 0 Å². The van der Waals surface area contributed by atoms with E-state index in [9.17, 15) is 4.39 Å². The van der Waals surface area contributed by atoms with Gasteiger partial charge in [-0.05, 0) is 37.1 Å². The van der Waals surface area contributed by atoms with E-state index in [1.807, 2.05) is 6.07 Å². The van der Waals surface area contributed by atoms with Crippen LogP contribution in [-0.2, 0) is 5.41 Å². The number of anilines is 1. The van der Waals surface area contributed by atoms with Crippen LogP contribution in [0.1, 0.15) is 18.4 Å². The molecule has 0 aromatic heterocycles. The van der Waals surface area contributed by atoms with Crippen molar-refractivity contribution < 1.29 is 4.39 Å². The molecule has 1 atom stereocenters. The lowest BCUT2D eigenvalue weighted by atomic mass is 9.74. The minimum Gasteiger partial charge on any atom is -0.385 e. The molecule has 80 valence electrons. The fraction of sp³-hybridized carbons (Fsp3) is 0.500. The van der Waals surface area contributed by atoms with Crippen LogP contribution < -0.4 is 10.6 Å². The zero-order valence-electron chi connectivity index (χ0n) is 8.65. The Morgan fingerprint density at radius 2 is 2.07 bits per heavy atom. The van der Waals surface area contributed by atoms with Crippen LogP contribution in [0.15, 0.2) is 18.2 Å². The van der Waals surface area contributed by atoms with Gasteiger partial charge >= 0.3 is 0 Å². The predicted molar refractivity (Wildman–Crippen MR) is 58.7 cm³/mol. The average molecular weight is 206 g/mol. The van der Waals surface area contributed by atoms with Gasteiger partial charge in [-0.25, -0.2) is 4.39 Å². The first-order chi connectivity index (χ1) is 7.30. The molecule has 0 amide bonds. The second-order valence-corrected chi connectivity index (χ2v) is 4.57. The molecule has 2 aliphatic rings. The molecule has 0 radical (unpaired) electrons. The maximum Gasteiger partial charge on any atom is 0.125 e. The Kier molecular flexibility index (Phi) is 1.96. The van der Waals surface area contributed by atoms with Crippen LogP contribution in [-0.4, -0.2) is 19.6 Å². The van der Waals surface area contributed by atoms with E-state index >= 15 is 0 Å². The van der Waals surface area contributed by atoms with Gasteiger partial charge in [0, 0.05) is 24.2 Å². The Labute approximate surface area is 88.9 Å². The summed E-state index contributed by atoms with van der Waals surface area (Å²) in [5.41, 5.74) is 2.54. The van der Waals surface area contributed by atoms with E-state index in [1.54, 1.807) is 12.1 Å². The van der Waals surface area contributed by atoms with Crippen molar-refractivity contribution in [2.75, 3.05) is 25.0 Å². The highest BCUT2D eigenvalue weighted by molar-refractivity contribution is 5.57. The number of benzene rings is 1. The molecule has 0 aliphatic carbocycles. The smallest absolute Gasteiger partial charge is 0.125 e. The third kappa shape index (κ3) is 1.34. The number of hydrogen-bond acceptors (Lipinski definition) is 2. The van der Waals surface area contributed by atoms with Gasteiger partial charge in [-0.2, -0.15) is 0 Å². The third-order valence-electron chi connectivity index (χ3n) is 3.72. The SMILES string of the molecule is Fc1ccc2c(c1)NCCC21CCNC1. The Hall–Kier alpha value is -1.09. The minimum absolute atomic E-state index is 0.149. The molecule has 1 aromatic rings. The van der Waals surface area contributed by atoms with Crippen LogP contribution >= 0.6 is 0 Å². The summed E-state index contributed by atoms with van der Waals surface area (Å²) in [4.78, 5) is 0. The molecule has 1 fully saturated rings. The van der Waals surface area contributed by atoms with E-state index < -0.39 is 0 Å².